The molecule has 0 unspecified atom stereocenters. The van der Waals surface area contributed by atoms with E-state index < -0.39 is 5.41 Å². The average molecular weight is 817 g/mol. The first-order valence-electron chi connectivity index (χ1n) is 21.6. The van der Waals surface area contributed by atoms with E-state index in [9.17, 15) is 0 Å². The third-order valence-corrected chi connectivity index (χ3v) is 13.0. The van der Waals surface area contributed by atoms with Crippen LogP contribution in [0.15, 0.2) is 218 Å². The maximum Gasteiger partial charge on any atom is 0.164 e. The molecule has 11 aromatic rings. The van der Waals surface area contributed by atoms with Crippen molar-refractivity contribution in [2.24, 2.45) is 0 Å². The fourth-order valence-corrected chi connectivity index (χ4v) is 10.2. The zero-order valence-electron chi connectivity index (χ0n) is 34.5. The van der Waals surface area contributed by atoms with Crippen LogP contribution in [0.1, 0.15) is 22.3 Å². The second kappa shape index (κ2) is 14.3. The van der Waals surface area contributed by atoms with Gasteiger partial charge in [-0.1, -0.05) is 194 Å². The number of nitrogens with zero attached hydrogens (tertiary/aromatic N) is 4. The van der Waals surface area contributed by atoms with E-state index in [4.69, 9.17) is 24.7 Å². The number of fused-ring (bicyclic) bond motifs is 13. The minimum atomic E-state index is -0.567. The molecule has 0 saturated carbocycles. The van der Waals surface area contributed by atoms with Crippen molar-refractivity contribution in [3.8, 4) is 79.2 Å². The Bertz CT molecular complexity index is 3600. The lowest BCUT2D eigenvalue weighted by molar-refractivity contribution is 0.436. The predicted molar refractivity (Wildman–Crippen MR) is 257 cm³/mol. The maximum absolute atomic E-state index is 6.63. The standard InChI is InChI=1S/C59H36N4O/c1-3-16-37(17-4-1)41-20-15-21-42(36-41)58-62-56(39-18-5-2-6-19-39)61-57(63-58)40-32-30-38(31-33-40)55-45-34-35-49-54(53(45)44-23-8-12-27-50(44)60-55)43-22-7-9-24-46(43)59(49)47-25-10-13-28-51(47)64-52-29-14-11-26-48(52)59/h1-36H. The Morgan fingerprint density at radius 3 is 1.58 bits per heavy atom. The van der Waals surface area contributed by atoms with Gasteiger partial charge < -0.3 is 4.74 Å². The first-order valence-corrected chi connectivity index (χ1v) is 21.6. The smallest absolute Gasteiger partial charge is 0.164 e. The Labute approximate surface area is 370 Å². The molecule has 3 heterocycles. The summed E-state index contributed by atoms with van der Waals surface area (Å²) < 4.78 is 6.63. The number of rotatable bonds is 5. The van der Waals surface area contributed by atoms with E-state index in [1.54, 1.807) is 0 Å². The van der Waals surface area contributed by atoms with Crippen LogP contribution in [-0.4, -0.2) is 19.9 Å². The van der Waals surface area contributed by atoms with Crippen molar-refractivity contribution in [2.45, 2.75) is 5.41 Å². The van der Waals surface area contributed by atoms with Crippen molar-refractivity contribution in [1.29, 1.82) is 0 Å². The van der Waals surface area contributed by atoms with Gasteiger partial charge in [-0.2, -0.15) is 0 Å². The topological polar surface area (TPSA) is 60.8 Å². The van der Waals surface area contributed by atoms with Crippen LogP contribution in [0.3, 0.4) is 0 Å². The summed E-state index contributed by atoms with van der Waals surface area (Å²) in [6.45, 7) is 0. The molecule has 0 saturated heterocycles. The van der Waals surface area contributed by atoms with Gasteiger partial charge in [0.15, 0.2) is 17.5 Å². The number of aromatic nitrogens is 4. The molecule has 1 aliphatic heterocycles. The quantitative estimate of drug-likeness (QED) is 0.162. The van der Waals surface area contributed by atoms with Crippen LogP contribution >= 0.6 is 0 Å². The summed E-state index contributed by atoms with van der Waals surface area (Å²) in [5.41, 5.74) is 14.6. The molecular weight excluding hydrogens is 781 g/mol. The number of hydrogen-bond acceptors (Lipinski definition) is 5. The lowest BCUT2D eigenvalue weighted by atomic mass is 9.66. The first-order chi connectivity index (χ1) is 31.7. The SMILES string of the molecule is c1ccc(-c2cccc(-c3nc(-c4ccccc4)nc(-c4ccc(-c5nc6ccccc6c6c7c(ccc56)C5(c6ccccc6Oc6ccccc65)c5ccccc5-7)cc4)n3)c2)cc1. The van der Waals surface area contributed by atoms with Crippen molar-refractivity contribution in [1.82, 2.24) is 19.9 Å². The van der Waals surface area contributed by atoms with E-state index in [-0.39, 0.29) is 0 Å². The second-order valence-corrected chi connectivity index (χ2v) is 16.5. The van der Waals surface area contributed by atoms with Crippen LogP contribution in [-0.2, 0) is 5.41 Å². The van der Waals surface area contributed by atoms with Gasteiger partial charge in [0, 0.05) is 49.5 Å². The molecule has 0 N–H and O–H groups in total. The maximum atomic E-state index is 6.63. The van der Waals surface area contributed by atoms with Crippen molar-refractivity contribution >= 4 is 21.7 Å². The second-order valence-electron chi connectivity index (χ2n) is 16.5. The summed E-state index contributed by atoms with van der Waals surface area (Å²) in [6.07, 6.45) is 0. The molecule has 0 radical (unpaired) electrons. The van der Waals surface area contributed by atoms with Crippen LogP contribution in [0.2, 0.25) is 0 Å². The zero-order chi connectivity index (χ0) is 42.2. The van der Waals surface area contributed by atoms with Gasteiger partial charge >= 0.3 is 0 Å². The Kier molecular flexibility index (Phi) is 8.06. The number of pyridine rings is 1. The Hall–Kier alpha value is -8.54. The molecule has 0 atom stereocenters. The third kappa shape index (κ3) is 5.44. The molecule has 2 aliphatic rings. The summed E-state index contributed by atoms with van der Waals surface area (Å²) in [5.74, 6) is 3.61. The van der Waals surface area contributed by atoms with Gasteiger partial charge in [0.2, 0.25) is 0 Å². The fourth-order valence-electron chi connectivity index (χ4n) is 10.2. The molecule has 13 rings (SSSR count). The van der Waals surface area contributed by atoms with E-state index in [1.807, 2.05) is 36.4 Å². The van der Waals surface area contributed by atoms with Gasteiger partial charge in [-0.3, -0.25) is 0 Å². The minimum absolute atomic E-state index is 0.567. The normalized spacial score (nSPS) is 12.9. The van der Waals surface area contributed by atoms with Gasteiger partial charge in [-0.05, 0) is 57.6 Å². The van der Waals surface area contributed by atoms with E-state index in [0.29, 0.717) is 17.5 Å². The fraction of sp³-hybridized carbons (Fsp3) is 0.0169. The molecule has 1 spiro atoms. The highest BCUT2D eigenvalue weighted by Crippen LogP contribution is 2.63. The largest absolute Gasteiger partial charge is 0.457 e. The Balaban J connectivity index is 0.990. The molecular formula is C59H36N4O. The zero-order valence-corrected chi connectivity index (χ0v) is 34.5. The molecule has 1 aliphatic carbocycles. The van der Waals surface area contributed by atoms with Crippen LogP contribution in [0.5, 0.6) is 11.5 Å². The van der Waals surface area contributed by atoms with Crippen LogP contribution in [0.4, 0.5) is 0 Å². The highest BCUT2D eigenvalue weighted by atomic mass is 16.5. The number of ether oxygens (including phenoxy) is 1. The monoisotopic (exact) mass is 816 g/mol. The van der Waals surface area contributed by atoms with Crippen molar-refractivity contribution < 1.29 is 4.74 Å². The van der Waals surface area contributed by atoms with E-state index in [2.05, 4.69) is 182 Å². The number of para-hydroxylation sites is 3. The van der Waals surface area contributed by atoms with Gasteiger partial charge in [-0.25, -0.2) is 19.9 Å². The lowest BCUT2D eigenvalue weighted by Crippen LogP contribution is -2.32. The predicted octanol–water partition coefficient (Wildman–Crippen LogP) is 14.4. The van der Waals surface area contributed by atoms with E-state index >= 15 is 0 Å². The lowest BCUT2D eigenvalue weighted by Gasteiger charge is -2.39. The third-order valence-electron chi connectivity index (χ3n) is 13.0. The van der Waals surface area contributed by atoms with Gasteiger partial charge in [0.05, 0.1) is 16.6 Å². The number of hydrogen-bond donors (Lipinski definition) is 0. The van der Waals surface area contributed by atoms with Crippen LogP contribution < -0.4 is 4.74 Å². The summed E-state index contributed by atoms with van der Waals surface area (Å²) in [5, 5.41) is 3.41. The minimum Gasteiger partial charge on any atom is -0.457 e. The van der Waals surface area contributed by atoms with Crippen molar-refractivity contribution in [2.75, 3.05) is 0 Å². The highest BCUT2D eigenvalue weighted by Gasteiger charge is 2.51. The van der Waals surface area contributed by atoms with Crippen LogP contribution in [0, 0.1) is 0 Å². The molecule has 0 bridgehead atoms. The highest BCUT2D eigenvalue weighted by molar-refractivity contribution is 6.19. The molecule has 9 aromatic carbocycles. The first kappa shape index (κ1) is 36.1. The summed E-state index contributed by atoms with van der Waals surface area (Å²) in [7, 11) is 0. The summed E-state index contributed by atoms with van der Waals surface area (Å²) in [6, 6.07) is 76.6. The van der Waals surface area contributed by atoms with E-state index in [1.165, 1.54) is 27.6 Å². The molecule has 64 heavy (non-hydrogen) atoms. The van der Waals surface area contributed by atoms with Gasteiger partial charge in [0.1, 0.15) is 11.5 Å². The molecule has 5 nitrogen and oxygen atoms in total. The summed E-state index contributed by atoms with van der Waals surface area (Å²) >= 11 is 0. The molecule has 5 heteroatoms. The Morgan fingerprint density at radius 2 is 0.859 bits per heavy atom. The van der Waals surface area contributed by atoms with Gasteiger partial charge in [-0.15, -0.1) is 0 Å². The van der Waals surface area contributed by atoms with Gasteiger partial charge in [0.25, 0.3) is 0 Å². The molecule has 0 fully saturated rings. The molecule has 0 amide bonds. The van der Waals surface area contributed by atoms with Crippen molar-refractivity contribution in [3.63, 3.8) is 0 Å². The molecule has 298 valence electrons. The number of benzene rings is 9. The Morgan fingerprint density at radius 1 is 0.328 bits per heavy atom. The summed E-state index contributed by atoms with van der Waals surface area (Å²) in [4.78, 5) is 20.6. The molecule has 2 aromatic heterocycles. The van der Waals surface area contributed by atoms with Crippen LogP contribution in [0.25, 0.3) is 89.4 Å². The van der Waals surface area contributed by atoms with E-state index in [0.717, 1.165) is 78.0 Å². The van der Waals surface area contributed by atoms with Crippen molar-refractivity contribution in [3.05, 3.63) is 241 Å². The average Bonchev–Trinajstić information content (AvgIpc) is 3.67.